The van der Waals surface area contributed by atoms with Crippen LogP contribution in [0.3, 0.4) is 0 Å². The molecular weight excluding hydrogens is 353 g/mol. The molecule has 0 saturated carbocycles. The largest absolute Gasteiger partial charge is 1.00 e. The minimum atomic E-state index is -4.88. The Hall–Kier alpha value is 0.710. The third-order valence-corrected chi connectivity index (χ3v) is 3.46. The molecule has 4 atom stereocenters. The third-order valence-electron chi connectivity index (χ3n) is 3.00. The number of nitrogens with zero attached hydrogens (tertiary/aromatic N) is 1. The van der Waals surface area contributed by atoms with E-state index in [1.165, 1.54) is 6.92 Å². The SMILES string of the molecule is C[C@H]1O[C@@H](n2ccc(=O)[nH]c2=O)[C@H](O)[C@H]1OCP(=O)([O-])[O-].[Na+].[Na+]. The normalized spacial score (nSPS) is 27.1. The van der Waals surface area contributed by atoms with Crippen molar-refractivity contribution in [3.05, 3.63) is 33.1 Å². The molecule has 10 nitrogen and oxygen atoms in total. The van der Waals surface area contributed by atoms with E-state index in [9.17, 15) is 29.0 Å². The van der Waals surface area contributed by atoms with Gasteiger partial charge in [0.25, 0.3) is 5.56 Å². The molecule has 1 fully saturated rings. The van der Waals surface area contributed by atoms with Crippen LogP contribution in [0.15, 0.2) is 21.9 Å². The molecule has 1 aromatic rings. The molecule has 2 rings (SSSR count). The molecule has 13 heteroatoms. The van der Waals surface area contributed by atoms with Crippen molar-refractivity contribution in [1.29, 1.82) is 0 Å². The number of hydrogen-bond donors (Lipinski definition) is 2. The van der Waals surface area contributed by atoms with Crippen molar-refractivity contribution >= 4 is 7.60 Å². The molecule has 0 radical (unpaired) electrons. The minimum absolute atomic E-state index is 0. The number of aliphatic hydroxyl groups excluding tert-OH is 1. The van der Waals surface area contributed by atoms with Gasteiger partial charge in [0.05, 0.1) is 12.5 Å². The summed E-state index contributed by atoms with van der Waals surface area (Å²) in [7, 11) is -4.88. The van der Waals surface area contributed by atoms with Crippen molar-refractivity contribution in [3.8, 4) is 0 Å². The van der Waals surface area contributed by atoms with Gasteiger partial charge in [0.1, 0.15) is 12.2 Å². The monoisotopic (exact) mass is 366 g/mol. The van der Waals surface area contributed by atoms with Crippen molar-refractivity contribution in [3.63, 3.8) is 0 Å². The van der Waals surface area contributed by atoms with Gasteiger partial charge < -0.3 is 28.9 Å². The number of hydrogen-bond acceptors (Lipinski definition) is 8. The minimum Gasteiger partial charge on any atom is -0.809 e. The molecule has 0 bridgehead atoms. The van der Waals surface area contributed by atoms with Crippen LogP contribution in [-0.2, 0) is 14.0 Å². The van der Waals surface area contributed by atoms with Gasteiger partial charge in [0.15, 0.2) is 6.23 Å². The number of ether oxygens (including phenoxy) is 2. The first-order valence-corrected chi connectivity index (χ1v) is 7.69. The van der Waals surface area contributed by atoms with Crippen molar-refractivity contribution in [2.75, 3.05) is 6.35 Å². The maximum absolute atomic E-state index is 11.6. The second kappa shape index (κ2) is 9.42. The molecular formula is C10H13N2Na2O8P. The van der Waals surface area contributed by atoms with Crippen LogP contribution in [0.2, 0.25) is 0 Å². The summed E-state index contributed by atoms with van der Waals surface area (Å²) < 4.78 is 21.7. The van der Waals surface area contributed by atoms with E-state index >= 15 is 0 Å². The van der Waals surface area contributed by atoms with Gasteiger partial charge in [-0.25, -0.2) is 4.79 Å². The van der Waals surface area contributed by atoms with Gasteiger partial charge in [0.2, 0.25) is 0 Å². The maximum Gasteiger partial charge on any atom is 1.00 e. The van der Waals surface area contributed by atoms with Gasteiger partial charge in [-0.1, -0.05) is 0 Å². The van der Waals surface area contributed by atoms with E-state index in [1.807, 2.05) is 4.98 Å². The molecule has 0 unspecified atom stereocenters. The van der Waals surface area contributed by atoms with E-state index in [0.717, 1.165) is 16.8 Å². The zero-order chi connectivity index (χ0) is 15.8. The summed E-state index contributed by atoms with van der Waals surface area (Å²) in [6.07, 6.45) is -4.34. The molecule has 0 aromatic carbocycles. The smallest absolute Gasteiger partial charge is 0.809 e. The summed E-state index contributed by atoms with van der Waals surface area (Å²) in [6, 6.07) is 1.07. The summed E-state index contributed by atoms with van der Waals surface area (Å²) >= 11 is 0. The summed E-state index contributed by atoms with van der Waals surface area (Å²) in [5.41, 5.74) is -1.40. The standard InChI is InChI=1S/C10H15N2O8P.2Na/c1-5-8(19-4-21(16,17)18)7(14)9(20-5)12-3-2-6(13)11-10(12)15;;/h2-3,5,7-9,14H,4H2,1H3,(H,11,13,15)(H2,16,17,18);;/q;2*+1/p-2/t5-,7-,8+,9-;;/m1../s1. The van der Waals surface area contributed by atoms with Crippen LogP contribution in [0.1, 0.15) is 13.2 Å². The van der Waals surface area contributed by atoms with Gasteiger partial charge in [-0.2, -0.15) is 0 Å². The van der Waals surface area contributed by atoms with Crippen molar-refractivity contribution in [2.45, 2.75) is 31.5 Å². The summed E-state index contributed by atoms with van der Waals surface area (Å²) in [4.78, 5) is 45.8. The van der Waals surface area contributed by atoms with Gasteiger partial charge in [-0.3, -0.25) is 14.3 Å². The van der Waals surface area contributed by atoms with E-state index in [2.05, 4.69) is 0 Å². The number of aliphatic hydroxyl groups is 1. The van der Waals surface area contributed by atoms with E-state index < -0.39 is 49.7 Å². The van der Waals surface area contributed by atoms with Crippen LogP contribution in [0.25, 0.3) is 0 Å². The number of rotatable bonds is 4. The average molecular weight is 366 g/mol. The molecule has 1 aliphatic heterocycles. The molecule has 0 spiro atoms. The summed E-state index contributed by atoms with van der Waals surface area (Å²) in [5.74, 6) is 0. The van der Waals surface area contributed by atoms with Crippen LogP contribution >= 0.6 is 7.60 Å². The number of aromatic amines is 1. The predicted molar refractivity (Wildman–Crippen MR) is 64.3 cm³/mol. The second-order valence-electron chi connectivity index (χ2n) is 4.61. The Morgan fingerprint density at radius 2 is 2.04 bits per heavy atom. The molecule has 23 heavy (non-hydrogen) atoms. The van der Waals surface area contributed by atoms with Crippen LogP contribution in [0, 0.1) is 0 Å². The Morgan fingerprint density at radius 1 is 1.43 bits per heavy atom. The molecule has 2 N–H and O–H groups in total. The molecule has 1 saturated heterocycles. The van der Waals surface area contributed by atoms with Gasteiger partial charge in [-0.05, 0) is 14.5 Å². The first kappa shape index (κ1) is 23.7. The molecule has 1 aliphatic rings. The molecule has 0 amide bonds. The molecule has 0 aliphatic carbocycles. The zero-order valence-corrected chi connectivity index (χ0v) is 17.8. The number of H-pyrrole nitrogens is 1. The Bertz CT molecular complexity index is 673. The van der Waals surface area contributed by atoms with E-state index in [0.29, 0.717) is 0 Å². The first-order chi connectivity index (χ1) is 9.69. The molecule has 2 heterocycles. The average Bonchev–Trinajstić information content (AvgIpc) is 2.61. The Labute approximate surface area is 174 Å². The van der Waals surface area contributed by atoms with Crippen LogP contribution in [0.4, 0.5) is 0 Å². The Morgan fingerprint density at radius 3 is 2.57 bits per heavy atom. The number of aromatic nitrogens is 2. The third kappa shape index (κ3) is 6.18. The fourth-order valence-corrected chi connectivity index (χ4v) is 2.44. The van der Waals surface area contributed by atoms with Gasteiger partial charge >= 0.3 is 64.8 Å². The quantitative estimate of drug-likeness (QED) is 0.393. The van der Waals surface area contributed by atoms with Gasteiger partial charge in [-0.15, -0.1) is 0 Å². The molecule has 118 valence electrons. The van der Waals surface area contributed by atoms with E-state index in [-0.39, 0.29) is 59.1 Å². The Kier molecular flexibility index (Phi) is 9.71. The number of nitrogens with one attached hydrogen (secondary N) is 1. The summed E-state index contributed by atoms with van der Waals surface area (Å²) in [5, 5.41) is 10.1. The zero-order valence-electron chi connectivity index (χ0n) is 12.9. The Balaban J connectivity index is 0.00000242. The van der Waals surface area contributed by atoms with Crippen molar-refractivity contribution in [1.82, 2.24) is 9.55 Å². The molecule has 1 aromatic heterocycles. The van der Waals surface area contributed by atoms with Crippen LogP contribution in [-0.4, -0.2) is 39.3 Å². The topological polar surface area (TPSA) is 157 Å². The van der Waals surface area contributed by atoms with Crippen molar-refractivity contribution in [2.24, 2.45) is 0 Å². The van der Waals surface area contributed by atoms with E-state index in [4.69, 9.17) is 9.47 Å². The maximum atomic E-state index is 11.6. The van der Waals surface area contributed by atoms with Crippen LogP contribution in [0.5, 0.6) is 0 Å². The van der Waals surface area contributed by atoms with E-state index in [1.54, 1.807) is 0 Å². The van der Waals surface area contributed by atoms with Crippen molar-refractivity contribution < 1.29 is 88.0 Å². The van der Waals surface area contributed by atoms with Crippen LogP contribution < -0.4 is 80.2 Å². The summed E-state index contributed by atoms with van der Waals surface area (Å²) in [6.45, 7) is 1.49. The van der Waals surface area contributed by atoms with Gasteiger partial charge in [0, 0.05) is 12.3 Å². The fraction of sp³-hybridized carbons (Fsp3) is 0.600. The predicted octanol–water partition coefficient (Wildman–Crippen LogP) is -8.92. The second-order valence-corrected chi connectivity index (χ2v) is 6.09. The fourth-order valence-electron chi connectivity index (χ4n) is 2.09. The first-order valence-electron chi connectivity index (χ1n) is 5.97.